The molecule has 0 aromatic heterocycles. The van der Waals surface area contributed by atoms with Gasteiger partial charge in [0.2, 0.25) is 0 Å². The summed E-state index contributed by atoms with van der Waals surface area (Å²) in [4.78, 5) is 11.5. The fourth-order valence-corrected chi connectivity index (χ4v) is 2.83. The third-order valence-corrected chi connectivity index (χ3v) is 4.32. The summed E-state index contributed by atoms with van der Waals surface area (Å²) in [5.74, 6) is -0.383. The summed E-state index contributed by atoms with van der Waals surface area (Å²) in [5.41, 5.74) is 0.413. The topological polar surface area (TPSA) is 87.0 Å². The van der Waals surface area contributed by atoms with Gasteiger partial charge in [-0.2, -0.15) is 0 Å². The van der Waals surface area contributed by atoms with Crippen LogP contribution in [0.15, 0.2) is 23.8 Å². The van der Waals surface area contributed by atoms with E-state index in [-0.39, 0.29) is 12.6 Å². The molecule has 3 N–H and O–H groups in total. The number of carbonyl (C=O) groups is 1. The number of aliphatic hydroxyl groups excluding tert-OH is 3. The lowest BCUT2D eigenvalue weighted by Gasteiger charge is -2.05. The molecule has 0 aromatic carbocycles. The van der Waals surface area contributed by atoms with Crippen LogP contribution in [0, 0.1) is 0 Å². The number of aliphatic hydroxyl groups is 3. The number of hydrogen-bond donors (Lipinski definition) is 3. The fourth-order valence-electron chi connectivity index (χ4n) is 2.83. The summed E-state index contributed by atoms with van der Waals surface area (Å²) in [6, 6.07) is 0. The Morgan fingerprint density at radius 3 is 2.33 bits per heavy atom. The molecule has 1 rings (SSSR count). The average Bonchev–Trinajstić information content (AvgIpc) is 2.80. The molecule has 0 saturated carbocycles. The normalized spacial score (nSPS) is 24.0. The molecule has 1 fully saturated rings. The summed E-state index contributed by atoms with van der Waals surface area (Å²) in [6.45, 7) is 1.68. The molecular formula is C19H32O5. The van der Waals surface area contributed by atoms with Crippen LogP contribution in [0.25, 0.3) is 0 Å². The van der Waals surface area contributed by atoms with Gasteiger partial charge in [0.05, 0.1) is 18.3 Å². The molecule has 5 heteroatoms. The van der Waals surface area contributed by atoms with Gasteiger partial charge in [0.15, 0.2) is 0 Å². The Bertz CT molecular complexity index is 416. The first-order valence-corrected chi connectivity index (χ1v) is 9.11. The van der Waals surface area contributed by atoms with Crippen molar-refractivity contribution in [3.05, 3.63) is 23.8 Å². The van der Waals surface area contributed by atoms with Crippen molar-refractivity contribution in [2.24, 2.45) is 0 Å². The standard InChI is InChI=1S/C19H32O5/c1-15-18(22)17(19(23)24-15)13-9-7-5-3-2-4-6-8-11-16(21)12-10-14-20/h10,12-13,15-16,18,20-22H,2-9,11,14H2,1H3/b12-10+,17-13+/t15-,16-,18-/m1/s1. The van der Waals surface area contributed by atoms with Crippen molar-refractivity contribution in [3.8, 4) is 0 Å². The van der Waals surface area contributed by atoms with E-state index >= 15 is 0 Å². The lowest BCUT2D eigenvalue weighted by molar-refractivity contribution is -0.138. The van der Waals surface area contributed by atoms with Crippen molar-refractivity contribution in [2.75, 3.05) is 6.61 Å². The smallest absolute Gasteiger partial charge is 0.336 e. The number of hydrogen-bond acceptors (Lipinski definition) is 5. The highest BCUT2D eigenvalue weighted by molar-refractivity contribution is 5.92. The van der Waals surface area contributed by atoms with Crippen LogP contribution in [0.1, 0.15) is 64.7 Å². The Morgan fingerprint density at radius 2 is 1.75 bits per heavy atom. The number of ether oxygens (including phenoxy) is 1. The summed E-state index contributed by atoms with van der Waals surface area (Å²) in [5, 5.41) is 28.0. The first kappa shape index (κ1) is 20.9. The Kier molecular flexibility index (Phi) is 10.6. The van der Waals surface area contributed by atoms with E-state index in [4.69, 9.17) is 9.84 Å². The van der Waals surface area contributed by atoms with Crippen molar-refractivity contribution in [2.45, 2.75) is 83.0 Å². The number of carbonyl (C=O) groups excluding carboxylic acids is 1. The minimum absolute atomic E-state index is 0.0209. The van der Waals surface area contributed by atoms with Gasteiger partial charge in [0, 0.05) is 0 Å². The Hall–Kier alpha value is -1.17. The molecule has 1 aliphatic heterocycles. The number of esters is 1. The van der Waals surface area contributed by atoms with Crippen LogP contribution in [0.2, 0.25) is 0 Å². The monoisotopic (exact) mass is 340 g/mol. The molecule has 1 aliphatic rings. The van der Waals surface area contributed by atoms with Crippen LogP contribution in [0.3, 0.4) is 0 Å². The molecule has 0 aliphatic carbocycles. The van der Waals surface area contributed by atoms with E-state index in [0.717, 1.165) is 38.5 Å². The zero-order valence-electron chi connectivity index (χ0n) is 14.7. The van der Waals surface area contributed by atoms with Crippen molar-refractivity contribution in [1.82, 2.24) is 0 Å². The van der Waals surface area contributed by atoms with Gasteiger partial charge < -0.3 is 20.1 Å². The van der Waals surface area contributed by atoms with Gasteiger partial charge in [-0.3, -0.25) is 0 Å². The summed E-state index contributed by atoms with van der Waals surface area (Å²) < 4.78 is 4.97. The Labute approximate surface area is 145 Å². The molecule has 138 valence electrons. The maximum absolute atomic E-state index is 11.5. The van der Waals surface area contributed by atoms with Crippen LogP contribution in [0.4, 0.5) is 0 Å². The van der Waals surface area contributed by atoms with Gasteiger partial charge in [-0.15, -0.1) is 0 Å². The van der Waals surface area contributed by atoms with E-state index in [1.54, 1.807) is 19.1 Å². The molecule has 0 amide bonds. The van der Waals surface area contributed by atoms with Crippen LogP contribution in [-0.2, 0) is 9.53 Å². The van der Waals surface area contributed by atoms with Crippen molar-refractivity contribution < 1.29 is 24.9 Å². The SMILES string of the molecule is C[C@H]1OC(=O)/C(=C/CCCCCCCCC[C@@H](O)/C=C/CO)[C@@H]1O. The Balaban J connectivity index is 1.96. The van der Waals surface area contributed by atoms with Gasteiger partial charge in [0.1, 0.15) is 12.2 Å². The summed E-state index contributed by atoms with van der Waals surface area (Å²) in [7, 11) is 0. The van der Waals surface area contributed by atoms with Gasteiger partial charge in [-0.25, -0.2) is 4.79 Å². The minimum atomic E-state index is -0.778. The second kappa shape index (κ2) is 12.2. The fraction of sp³-hybridized carbons (Fsp3) is 0.737. The van der Waals surface area contributed by atoms with Crippen molar-refractivity contribution in [3.63, 3.8) is 0 Å². The van der Waals surface area contributed by atoms with E-state index < -0.39 is 18.3 Å². The molecule has 0 aromatic rings. The van der Waals surface area contributed by atoms with Gasteiger partial charge in [-0.1, -0.05) is 56.8 Å². The molecule has 0 bridgehead atoms. The van der Waals surface area contributed by atoms with Gasteiger partial charge >= 0.3 is 5.97 Å². The van der Waals surface area contributed by atoms with Crippen LogP contribution in [0.5, 0.6) is 0 Å². The van der Waals surface area contributed by atoms with E-state index in [1.165, 1.54) is 19.3 Å². The molecule has 3 atom stereocenters. The number of unbranched alkanes of at least 4 members (excludes halogenated alkanes) is 7. The van der Waals surface area contributed by atoms with Crippen molar-refractivity contribution >= 4 is 5.97 Å². The van der Waals surface area contributed by atoms with E-state index in [2.05, 4.69) is 0 Å². The van der Waals surface area contributed by atoms with E-state index in [1.807, 2.05) is 6.08 Å². The molecule has 5 nitrogen and oxygen atoms in total. The quantitative estimate of drug-likeness (QED) is 0.220. The molecule has 1 heterocycles. The molecule has 1 saturated heterocycles. The molecular weight excluding hydrogens is 308 g/mol. The molecule has 0 unspecified atom stereocenters. The second-order valence-corrected chi connectivity index (χ2v) is 6.45. The Morgan fingerprint density at radius 1 is 1.12 bits per heavy atom. The second-order valence-electron chi connectivity index (χ2n) is 6.45. The van der Waals surface area contributed by atoms with Gasteiger partial charge in [0.25, 0.3) is 0 Å². The highest BCUT2D eigenvalue weighted by Gasteiger charge is 2.34. The van der Waals surface area contributed by atoms with E-state index in [9.17, 15) is 15.0 Å². The third kappa shape index (κ3) is 8.08. The minimum Gasteiger partial charge on any atom is -0.456 e. The number of rotatable bonds is 12. The zero-order valence-corrected chi connectivity index (χ0v) is 14.7. The predicted molar refractivity (Wildman–Crippen MR) is 93.4 cm³/mol. The summed E-state index contributed by atoms with van der Waals surface area (Å²) in [6.07, 6.45) is 12.7. The first-order valence-electron chi connectivity index (χ1n) is 9.11. The van der Waals surface area contributed by atoms with E-state index in [0.29, 0.717) is 5.57 Å². The molecule has 24 heavy (non-hydrogen) atoms. The highest BCUT2D eigenvalue weighted by Crippen LogP contribution is 2.22. The highest BCUT2D eigenvalue weighted by atomic mass is 16.6. The van der Waals surface area contributed by atoms with Gasteiger partial charge in [-0.05, 0) is 26.2 Å². The van der Waals surface area contributed by atoms with Crippen LogP contribution in [-0.4, -0.2) is 46.2 Å². The lowest BCUT2D eigenvalue weighted by Crippen LogP contribution is -2.17. The van der Waals surface area contributed by atoms with Crippen LogP contribution < -0.4 is 0 Å². The first-order chi connectivity index (χ1) is 11.6. The van der Waals surface area contributed by atoms with Crippen LogP contribution >= 0.6 is 0 Å². The maximum atomic E-state index is 11.5. The largest absolute Gasteiger partial charge is 0.456 e. The van der Waals surface area contributed by atoms with Crippen molar-refractivity contribution in [1.29, 1.82) is 0 Å². The summed E-state index contributed by atoms with van der Waals surface area (Å²) >= 11 is 0. The average molecular weight is 340 g/mol. The lowest BCUT2D eigenvalue weighted by atomic mass is 10.0. The number of cyclic esters (lactones) is 1. The predicted octanol–water partition coefficient (Wildman–Crippen LogP) is 2.64. The number of allylic oxidation sites excluding steroid dienone is 1. The molecule has 0 spiro atoms. The zero-order chi connectivity index (χ0) is 17.8. The third-order valence-electron chi connectivity index (χ3n) is 4.32. The molecule has 0 radical (unpaired) electrons. The maximum Gasteiger partial charge on any atom is 0.336 e.